The van der Waals surface area contributed by atoms with E-state index in [1.54, 1.807) is 4.52 Å². The van der Waals surface area contributed by atoms with E-state index in [1.807, 2.05) is 25.1 Å². The van der Waals surface area contributed by atoms with Crippen LogP contribution in [0.4, 0.5) is 5.82 Å². The van der Waals surface area contributed by atoms with E-state index in [9.17, 15) is 0 Å². The number of aromatic nitrogens is 3. The van der Waals surface area contributed by atoms with Crippen LogP contribution in [0.5, 0.6) is 0 Å². The van der Waals surface area contributed by atoms with E-state index in [0.29, 0.717) is 17.5 Å². The third-order valence-corrected chi connectivity index (χ3v) is 5.07. The van der Waals surface area contributed by atoms with Gasteiger partial charge in [0.05, 0.1) is 6.10 Å². The lowest BCUT2D eigenvalue weighted by Gasteiger charge is -2.10. The standard InChI is InChI=1S/C18H18Cl2N4O/c1-11-14(13-8-5-9-25-13)16(19)24-15(11)17(22-18(20)23-24)21-10-12-6-3-2-4-7-12/h2-4,6-7,13H,5,8-10H2,1H3,(H,21,22,23). The molecule has 0 bridgehead atoms. The van der Waals surface area contributed by atoms with E-state index < -0.39 is 0 Å². The van der Waals surface area contributed by atoms with Gasteiger partial charge >= 0.3 is 0 Å². The van der Waals surface area contributed by atoms with Gasteiger partial charge in [-0.15, -0.1) is 5.10 Å². The molecular formula is C18H18Cl2N4O. The molecule has 4 rings (SSSR count). The summed E-state index contributed by atoms with van der Waals surface area (Å²) in [5, 5.41) is 8.35. The van der Waals surface area contributed by atoms with Gasteiger partial charge in [-0.1, -0.05) is 41.9 Å². The van der Waals surface area contributed by atoms with Gasteiger partial charge in [0, 0.05) is 18.7 Å². The Hall–Kier alpha value is -1.82. The van der Waals surface area contributed by atoms with Crippen molar-refractivity contribution in [2.75, 3.05) is 11.9 Å². The zero-order valence-electron chi connectivity index (χ0n) is 13.8. The molecule has 130 valence electrons. The second kappa shape index (κ2) is 6.83. The first kappa shape index (κ1) is 16.6. The van der Waals surface area contributed by atoms with Crippen molar-refractivity contribution in [3.63, 3.8) is 0 Å². The number of hydrogen-bond donors (Lipinski definition) is 1. The van der Waals surface area contributed by atoms with E-state index in [2.05, 4.69) is 27.5 Å². The molecule has 5 nitrogen and oxygen atoms in total. The molecule has 0 spiro atoms. The highest BCUT2D eigenvalue weighted by atomic mass is 35.5. The van der Waals surface area contributed by atoms with Crippen LogP contribution in [0.2, 0.25) is 10.4 Å². The molecule has 1 unspecified atom stereocenters. The van der Waals surface area contributed by atoms with Gasteiger partial charge in [0.15, 0.2) is 5.82 Å². The zero-order valence-corrected chi connectivity index (χ0v) is 15.3. The molecule has 0 aliphatic carbocycles. The molecular weight excluding hydrogens is 359 g/mol. The molecule has 0 saturated carbocycles. The second-order valence-corrected chi connectivity index (χ2v) is 6.86. The van der Waals surface area contributed by atoms with Crippen molar-refractivity contribution in [2.45, 2.75) is 32.4 Å². The van der Waals surface area contributed by atoms with Gasteiger partial charge < -0.3 is 10.1 Å². The lowest BCUT2D eigenvalue weighted by molar-refractivity contribution is 0.111. The zero-order chi connectivity index (χ0) is 17.4. The van der Waals surface area contributed by atoms with Gasteiger partial charge in [0.25, 0.3) is 0 Å². The molecule has 1 saturated heterocycles. The fourth-order valence-corrected chi connectivity index (χ4v) is 3.91. The Morgan fingerprint density at radius 2 is 2.08 bits per heavy atom. The van der Waals surface area contributed by atoms with Crippen LogP contribution >= 0.6 is 23.2 Å². The predicted molar refractivity (Wildman–Crippen MR) is 99.4 cm³/mol. The summed E-state index contributed by atoms with van der Waals surface area (Å²) in [6, 6.07) is 10.1. The van der Waals surface area contributed by atoms with Crippen molar-refractivity contribution in [1.82, 2.24) is 14.6 Å². The average molecular weight is 377 g/mol. The summed E-state index contributed by atoms with van der Waals surface area (Å²) >= 11 is 12.7. The number of anilines is 1. The fourth-order valence-electron chi connectivity index (χ4n) is 3.36. The largest absolute Gasteiger partial charge is 0.373 e. The van der Waals surface area contributed by atoms with Crippen LogP contribution in [0.15, 0.2) is 30.3 Å². The number of benzene rings is 1. The number of rotatable bonds is 4. The third-order valence-electron chi connectivity index (χ3n) is 4.54. The lowest BCUT2D eigenvalue weighted by Crippen LogP contribution is -2.06. The van der Waals surface area contributed by atoms with Crippen molar-refractivity contribution in [1.29, 1.82) is 0 Å². The van der Waals surface area contributed by atoms with Gasteiger partial charge in [0.2, 0.25) is 5.28 Å². The molecule has 1 aliphatic heterocycles. The first-order valence-corrected chi connectivity index (χ1v) is 9.04. The van der Waals surface area contributed by atoms with E-state index >= 15 is 0 Å². The minimum Gasteiger partial charge on any atom is -0.373 e. The SMILES string of the molecule is Cc1c(C2CCCO2)c(Cl)n2nc(Cl)nc(NCc3ccccc3)c12. The molecule has 1 aromatic carbocycles. The van der Waals surface area contributed by atoms with E-state index in [4.69, 9.17) is 27.9 Å². The van der Waals surface area contributed by atoms with Gasteiger partial charge in [0.1, 0.15) is 10.7 Å². The molecule has 1 aliphatic rings. The van der Waals surface area contributed by atoms with Crippen LogP contribution in [-0.2, 0) is 11.3 Å². The molecule has 0 amide bonds. The molecule has 1 atom stereocenters. The molecule has 3 heterocycles. The Morgan fingerprint density at radius 1 is 1.28 bits per heavy atom. The summed E-state index contributed by atoms with van der Waals surface area (Å²) in [5.41, 5.74) is 4.02. The number of nitrogens with zero attached hydrogens (tertiary/aromatic N) is 3. The van der Waals surface area contributed by atoms with Crippen LogP contribution in [0.1, 0.15) is 35.6 Å². The van der Waals surface area contributed by atoms with Crippen molar-refractivity contribution in [3.8, 4) is 0 Å². The van der Waals surface area contributed by atoms with Crippen LogP contribution in [0.3, 0.4) is 0 Å². The van der Waals surface area contributed by atoms with Crippen molar-refractivity contribution >= 4 is 34.5 Å². The maximum atomic E-state index is 6.61. The predicted octanol–water partition coefficient (Wildman–Crippen LogP) is 4.81. The van der Waals surface area contributed by atoms with E-state index in [1.165, 1.54) is 0 Å². The molecule has 2 aromatic heterocycles. The van der Waals surface area contributed by atoms with Gasteiger partial charge in [-0.2, -0.15) is 4.98 Å². The van der Waals surface area contributed by atoms with E-state index in [-0.39, 0.29) is 11.4 Å². The van der Waals surface area contributed by atoms with Gasteiger partial charge in [-0.05, 0) is 42.5 Å². The average Bonchev–Trinajstić information content (AvgIpc) is 3.21. The van der Waals surface area contributed by atoms with Crippen molar-refractivity contribution < 1.29 is 4.74 Å². The van der Waals surface area contributed by atoms with Gasteiger partial charge in [-0.25, -0.2) is 4.52 Å². The Bertz CT molecular complexity index is 905. The summed E-state index contributed by atoms with van der Waals surface area (Å²) in [6.45, 7) is 3.43. The van der Waals surface area contributed by atoms with Crippen molar-refractivity contribution in [3.05, 3.63) is 57.5 Å². The normalized spacial score (nSPS) is 17.3. The highest BCUT2D eigenvalue weighted by Crippen LogP contribution is 2.40. The van der Waals surface area contributed by atoms with Crippen LogP contribution < -0.4 is 5.32 Å². The lowest BCUT2D eigenvalue weighted by atomic mass is 10.1. The number of halogens is 2. The summed E-state index contributed by atoms with van der Waals surface area (Å²) in [6.07, 6.45) is 2.01. The fraction of sp³-hybridized carbons (Fsp3) is 0.333. The first-order chi connectivity index (χ1) is 12.1. The Morgan fingerprint density at radius 3 is 2.80 bits per heavy atom. The molecule has 1 N–H and O–H groups in total. The summed E-state index contributed by atoms with van der Waals surface area (Å²) in [5.74, 6) is 0.674. The number of aryl methyl sites for hydroxylation is 1. The summed E-state index contributed by atoms with van der Waals surface area (Å²) < 4.78 is 7.49. The summed E-state index contributed by atoms with van der Waals surface area (Å²) in [4.78, 5) is 4.38. The quantitative estimate of drug-likeness (QED) is 0.709. The Kier molecular flexibility index (Phi) is 4.54. The summed E-state index contributed by atoms with van der Waals surface area (Å²) in [7, 11) is 0. The minimum atomic E-state index is 0.00921. The molecule has 25 heavy (non-hydrogen) atoms. The third kappa shape index (κ3) is 3.08. The van der Waals surface area contributed by atoms with E-state index in [0.717, 1.165) is 41.7 Å². The first-order valence-electron chi connectivity index (χ1n) is 8.29. The highest BCUT2D eigenvalue weighted by Gasteiger charge is 2.28. The topological polar surface area (TPSA) is 51.5 Å². The monoisotopic (exact) mass is 376 g/mol. The molecule has 0 radical (unpaired) electrons. The number of nitrogens with one attached hydrogen (secondary N) is 1. The maximum absolute atomic E-state index is 6.61. The van der Waals surface area contributed by atoms with Crippen molar-refractivity contribution in [2.24, 2.45) is 0 Å². The maximum Gasteiger partial charge on any atom is 0.243 e. The minimum absolute atomic E-state index is 0.00921. The number of ether oxygens (including phenoxy) is 1. The smallest absolute Gasteiger partial charge is 0.243 e. The molecule has 3 aromatic rings. The van der Waals surface area contributed by atoms with Gasteiger partial charge in [-0.3, -0.25) is 0 Å². The van der Waals surface area contributed by atoms with Crippen LogP contribution in [-0.4, -0.2) is 21.2 Å². The second-order valence-electron chi connectivity index (χ2n) is 6.16. The highest BCUT2D eigenvalue weighted by molar-refractivity contribution is 6.31. The van der Waals surface area contributed by atoms with Crippen LogP contribution in [0, 0.1) is 6.92 Å². The Balaban J connectivity index is 1.77. The number of hydrogen-bond acceptors (Lipinski definition) is 4. The molecule has 1 fully saturated rings. The Labute approximate surface area is 155 Å². The number of fused-ring (bicyclic) bond motifs is 1. The van der Waals surface area contributed by atoms with Crippen LogP contribution in [0.25, 0.3) is 5.52 Å². The molecule has 7 heteroatoms.